The van der Waals surface area contributed by atoms with Gasteiger partial charge in [-0.15, -0.1) is 0 Å². The summed E-state index contributed by atoms with van der Waals surface area (Å²) in [4.78, 5) is 22.8. The van der Waals surface area contributed by atoms with E-state index in [1.807, 2.05) is 26.0 Å². The monoisotopic (exact) mass is 297 g/mol. The fourth-order valence-electron chi connectivity index (χ4n) is 1.87. The highest BCUT2D eigenvalue weighted by atomic mass is 35.5. The Morgan fingerprint density at radius 2 is 1.85 bits per heavy atom. The third kappa shape index (κ3) is 6.06. The first-order valence-corrected chi connectivity index (χ1v) is 7.03. The molecule has 20 heavy (non-hydrogen) atoms. The van der Waals surface area contributed by atoms with Gasteiger partial charge >= 0.3 is 5.97 Å². The van der Waals surface area contributed by atoms with Crippen molar-refractivity contribution in [2.75, 3.05) is 0 Å². The highest BCUT2D eigenvalue weighted by Crippen LogP contribution is 2.11. The number of aliphatic carboxylic acids is 1. The van der Waals surface area contributed by atoms with Crippen LogP contribution in [-0.4, -0.2) is 23.0 Å². The van der Waals surface area contributed by atoms with Gasteiger partial charge in [0, 0.05) is 11.4 Å². The second-order valence-electron chi connectivity index (χ2n) is 5.21. The van der Waals surface area contributed by atoms with Crippen LogP contribution in [0.5, 0.6) is 0 Å². The molecule has 0 unspecified atom stereocenters. The predicted molar refractivity (Wildman–Crippen MR) is 78.8 cm³/mol. The number of halogens is 1. The minimum atomic E-state index is -0.987. The molecule has 2 N–H and O–H groups in total. The Labute approximate surface area is 124 Å². The van der Waals surface area contributed by atoms with Crippen LogP contribution in [0.25, 0.3) is 0 Å². The van der Waals surface area contributed by atoms with E-state index >= 15 is 0 Å². The van der Waals surface area contributed by atoms with Crippen LogP contribution < -0.4 is 5.32 Å². The average molecular weight is 298 g/mol. The van der Waals surface area contributed by atoms with Crippen molar-refractivity contribution in [1.82, 2.24) is 5.32 Å². The maximum Gasteiger partial charge on any atom is 0.326 e. The number of benzene rings is 1. The molecule has 0 radical (unpaired) electrons. The lowest BCUT2D eigenvalue weighted by Gasteiger charge is -2.16. The number of carboxylic acid groups (broad SMARTS) is 1. The molecule has 1 rings (SSSR count). The van der Waals surface area contributed by atoms with Crippen molar-refractivity contribution in [2.24, 2.45) is 5.92 Å². The summed E-state index contributed by atoms with van der Waals surface area (Å²) in [7, 11) is 0. The van der Waals surface area contributed by atoms with Gasteiger partial charge in [0.15, 0.2) is 0 Å². The van der Waals surface area contributed by atoms with Gasteiger partial charge in [-0.2, -0.15) is 0 Å². The zero-order chi connectivity index (χ0) is 15.1. The van der Waals surface area contributed by atoms with Crippen molar-refractivity contribution in [2.45, 2.75) is 39.2 Å². The molecule has 1 atom stereocenters. The molecule has 0 aromatic heterocycles. The Morgan fingerprint density at radius 3 is 2.35 bits per heavy atom. The molecule has 0 saturated carbocycles. The minimum absolute atomic E-state index is 0.215. The van der Waals surface area contributed by atoms with Gasteiger partial charge in [0.2, 0.25) is 5.91 Å². The first-order valence-electron chi connectivity index (χ1n) is 6.65. The molecule has 1 aromatic rings. The van der Waals surface area contributed by atoms with Crippen LogP contribution in [0.1, 0.15) is 32.3 Å². The minimum Gasteiger partial charge on any atom is -0.480 e. The molecule has 0 aliphatic heterocycles. The number of carbonyl (C=O) groups is 2. The van der Waals surface area contributed by atoms with Crippen molar-refractivity contribution in [3.63, 3.8) is 0 Å². The number of carbonyl (C=O) groups excluding carboxylic acids is 1. The van der Waals surface area contributed by atoms with Gasteiger partial charge in [-0.25, -0.2) is 4.79 Å². The van der Waals surface area contributed by atoms with E-state index in [2.05, 4.69) is 5.32 Å². The van der Waals surface area contributed by atoms with Crippen LogP contribution >= 0.6 is 11.6 Å². The summed E-state index contributed by atoms with van der Waals surface area (Å²) in [5, 5.41) is 12.3. The van der Waals surface area contributed by atoms with Crippen LogP contribution in [0.15, 0.2) is 24.3 Å². The van der Waals surface area contributed by atoms with E-state index in [4.69, 9.17) is 16.7 Å². The number of hydrogen-bond donors (Lipinski definition) is 2. The molecule has 0 aliphatic carbocycles. The van der Waals surface area contributed by atoms with E-state index in [0.717, 1.165) is 5.56 Å². The van der Waals surface area contributed by atoms with Crippen molar-refractivity contribution in [3.8, 4) is 0 Å². The highest BCUT2D eigenvalue weighted by Gasteiger charge is 2.20. The fraction of sp³-hybridized carbons (Fsp3) is 0.467. The molecule has 0 spiro atoms. The molecule has 0 fully saturated rings. The van der Waals surface area contributed by atoms with E-state index in [1.54, 1.807) is 12.1 Å². The van der Waals surface area contributed by atoms with Crippen molar-refractivity contribution in [1.29, 1.82) is 0 Å². The molecule has 0 heterocycles. The highest BCUT2D eigenvalue weighted by molar-refractivity contribution is 6.30. The van der Waals surface area contributed by atoms with Crippen molar-refractivity contribution < 1.29 is 14.7 Å². The lowest BCUT2D eigenvalue weighted by molar-refractivity contribution is -0.142. The zero-order valence-electron chi connectivity index (χ0n) is 11.7. The lowest BCUT2D eigenvalue weighted by atomic mass is 10.0. The number of carboxylic acids is 1. The van der Waals surface area contributed by atoms with E-state index < -0.39 is 12.0 Å². The van der Waals surface area contributed by atoms with E-state index in [0.29, 0.717) is 17.9 Å². The summed E-state index contributed by atoms with van der Waals surface area (Å²) >= 11 is 5.78. The Balaban J connectivity index is 2.45. The maximum absolute atomic E-state index is 11.8. The summed E-state index contributed by atoms with van der Waals surface area (Å²) in [5.74, 6) is -1.01. The summed E-state index contributed by atoms with van der Waals surface area (Å²) in [6.45, 7) is 3.85. The van der Waals surface area contributed by atoms with Gasteiger partial charge in [-0.05, 0) is 36.5 Å². The SMILES string of the molecule is CC(C)C[C@@H](NC(=O)CCc1ccc(Cl)cc1)C(=O)O. The Kier molecular flexibility index (Phi) is 6.52. The molecule has 0 saturated heterocycles. The normalized spacial score (nSPS) is 12.2. The maximum atomic E-state index is 11.8. The predicted octanol–water partition coefficient (Wildman–Crippen LogP) is 2.89. The number of hydrogen-bond acceptors (Lipinski definition) is 2. The molecule has 0 bridgehead atoms. The summed E-state index contributed by atoms with van der Waals surface area (Å²) < 4.78 is 0. The quantitative estimate of drug-likeness (QED) is 0.813. The van der Waals surface area contributed by atoms with Gasteiger partial charge < -0.3 is 10.4 Å². The molecule has 1 aromatic carbocycles. The molecule has 5 heteroatoms. The Morgan fingerprint density at radius 1 is 1.25 bits per heavy atom. The Bertz CT molecular complexity index is 457. The standard InChI is InChI=1S/C15H20ClNO3/c1-10(2)9-13(15(19)20)17-14(18)8-5-11-3-6-12(16)7-4-11/h3-4,6-7,10,13H,5,8-9H2,1-2H3,(H,17,18)(H,19,20)/t13-/m1/s1. The average Bonchev–Trinajstić information content (AvgIpc) is 2.36. The third-order valence-electron chi connectivity index (χ3n) is 2.89. The molecular weight excluding hydrogens is 278 g/mol. The largest absolute Gasteiger partial charge is 0.480 e. The number of amides is 1. The molecule has 1 amide bonds. The van der Waals surface area contributed by atoms with Crippen LogP contribution in [0.4, 0.5) is 0 Å². The second-order valence-corrected chi connectivity index (χ2v) is 5.65. The van der Waals surface area contributed by atoms with Crippen LogP contribution in [0.3, 0.4) is 0 Å². The van der Waals surface area contributed by atoms with Crippen LogP contribution in [0.2, 0.25) is 5.02 Å². The fourth-order valence-corrected chi connectivity index (χ4v) is 1.99. The second kappa shape index (κ2) is 7.90. The first kappa shape index (κ1) is 16.5. The number of rotatable bonds is 7. The number of aryl methyl sites for hydroxylation is 1. The van der Waals surface area contributed by atoms with Gasteiger partial charge in [0.25, 0.3) is 0 Å². The van der Waals surface area contributed by atoms with Gasteiger partial charge in [0.05, 0.1) is 0 Å². The molecule has 110 valence electrons. The van der Waals surface area contributed by atoms with Crippen molar-refractivity contribution in [3.05, 3.63) is 34.9 Å². The molecular formula is C15H20ClNO3. The van der Waals surface area contributed by atoms with E-state index in [-0.39, 0.29) is 18.2 Å². The van der Waals surface area contributed by atoms with Gasteiger partial charge in [-0.3, -0.25) is 4.79 Å². The van der Waals surface area contributed by atoms with Gasteiger partial charge in [-0.1, -0.05) is 37.6 Å². The summed E-state index contributed by atoms with van der Waals surface area (Å²) in [6, 6.07) is 6.45. The topological polar surface area (TPSA) is 66.4 Å². The van der Waals surface area contributed by atoms with Gasteiger partial charge in [0.1, 0.15) is 6.04 Å². The van der Waals surface area contributed by atoms with E-state index in [1.165, 1.54) is 0 Å². The summed E-state index contributed by atoms with van der Waals surface area (Å²) in [5.41, 5.74) is 1.00. The lowest BCUT2D eigenvalue weighted by Crippen LogP contribution is -2.41. The van der Waals surface area contributed by atoms with Crippen LogP contribution in [0, 0.1) is 5.92 Å². The van der Waals surface area contributed by atoms with E-state index in [9.17, 15) is 9.59 Å². The number of nitrogens with one attached hydrogen (secondary N) is 1. The van der Waals surface area contributed by atoms with Crippen molar-refractivity contribution >= 4 is 23.5 Å². The molecule has 4 nitrogen and oxygen atoms in total. The zero-order valence-corrected chi connectivity index (χ0v) is 12.5. The first-order chi connectivity index (χ1) is 9.38. The third-order valence-corrected chi connectivity index (χ3v) is 3.15. The molecule has 0 aliphatic rings. The smallest absolute Gasteiger partial charge is 0.326 e. The van der Waals surface area contributed by atoms with Crippen LogP contribution in [-0.2, 0) is 16.0 Å². The summed E-state index contributed by atoms with van der Waals surface area (Å²) in [6.07, 6.45) is 1.27. The Hall–Kier alpha value is -1.55.